The fraction of sp³-hybridized carbons (Fsp3) is 0.0513. The molecule has 0 spiro atoms. The average molecular weight is 846 g/mol. The molecule has 0 unspecified atom stereocenters. The Hall–Kier alpha value is -5.98. The van der Waals surface area contributed by atoms with Crippen molar-refractivity contribution in [3.8, 4) is 23.0 Å². The van der Waals surface area contributed by atoms with Crippen molar-refractivity contribution in [2.45, 2.75) is 0 Å². The zero-order chi connectivity index (χ0) is 35.0. The molecule has 0 aliphatic rings. The van der Waals surface area contributed by atoms with E-state index in [-0.39, 0.29) is 54.3 Å². The van der Waals surface area contributed by atoms with E-state index in [0.717, 1.165) is 28.0 Å². The van der Waals surface area contributed by atoms with Gasteiger partial charge in [0.05, 0.1) is 22.1 Å². The molecule has 0 aliphatic heterocycles. The molecule has 8 aromatic rings. The summed E-state index contributed by atoms with van der Waals surface area (Å²) in [5.41, 5.74) is 2.20. The summed E-state index contributed by atoms with van der Waals surface area (Å²) in [7, 11) is 3.38. The van der Waals surface area contributed by atoms with E-state index in [4.69, 9.17) is 0 Å². The zero-order valence-electron chi connectivity index (χ0n) is 27.7. The van der Waals surface area contributed by atoms with Gasteiger partial charge in [-0.3, -0.25) is 24.7 Å². The number of rotatable bonds is 1. The summed E-state index contributed by atoms with van der Waals surface area (Å²) < 4.78 is 0. The summed E-state index contributed by atoms with van der Waals surface area (Å²) in [5, 5.41) is 48.1. The van der Waals surface area contributed by atoms with Crippen molar-refractivity contribution >= 4 is 50.0 Å². The number of amides is 1. The molecule has 2 N–H and O–H groups in total. The molecule has 0 radical (unpaired) electrons. The second-order valence-corrected chi connectivity index (χ2v) is 10.4. The average Bonchev–Trinajstić information content (AvgIpc) is 3.14. The Morgan fingerprint density at radius 2 is 0.627 bits per heavy atom. The van der Waals surface area contributed by atoms with E-state index in [1.165, 1.54) is 29.2 Å². The number of carbonyl (C=O) groups excluding carboxylic acids is 1. The number of fused-ring (bicyclic) bond motifs is 4. The van der Waals surface area contributed by atoms with Gasteiger partial charge in [-0.05, 0) is 45.8 Å². The Morgan fingerprint density at radius 1 is 0.431 bits per heavy atom. The number of hydrogen-bond donors (Lipinski definition) is 0. The molecule has 4 heterocycles. The molecule has 1 amide bonds. The van der Waals surface area contributed by atoms with E-state index in [9.17, 15) is 25.2 Å². The van der Waals surface area contributed by atoms with Gasteiger partial charge in [-0.15, -0.1) is 0 Å². The summed E-state index contributed by atoms with van der Waals surface area (Å²) in [4.78, 5) is 26.7. The van der Waals surface area contributed by atoms with Crippen LogP contribution in [0.25, 0.3) is 43.6 Å². The molecule has 8 rings (SSSR count). The Labute approximate surface area is 313 Å². The smallest absolute Gasteiger partial charge is 0.871 e. The van der Waals surface area contributed by atoms with Gasteiger partial charge in [-0.1, -0.05) is 120 Å². The van der Waals surface area contributed by atoms with Gasteiger partial charge in [0.1, 0.15) is 0 Å². The van der Waals surface area contributed by atoms with Gasteiger partial charge < -0.3 is 30.8 Å². The molecule has 0 bridgehead atoms. The topological polar surface area (TPSA) is 196 Å². The molecule has 0 atom stereocenters. The number of nitrogens with zero attached hydrogens (tertiary/aromatic N) is 5. The second kappa shape index (κ2) is 21.2. The first-order valence-electron chi connectivity index (χ1n) is 14.9. The minimum absolute atomic E-state index is 0. The van der Waals surface area contributed by atoms with Gasteiger partial charge in [-0.25, -0.2) is 0 Å². The van der Waals surface area contributed by atoms with Crippen LogP contribution in [0.4, 0.5) is 0 Å². The van der Waals surface area contributed by atoms with Gasteiger partial charge >= 0.3 is 25.8 Å². The molecule has 4 aromatic heterocycles. The maximum Gasteiger partial charge on any atom is 4.00 e. The number of aromatic nitrogens is 4. The molecule has 0 saturated heterocycles. The Morgan fingerprint density at radius 3 is 0.804 bits per heavy atom. The molecule has 11 nitrogen and oxygen atoms in total. The van der Waals surface area contributed by atoms with Crippen molar-refractivity contribution in [1.82, 2.24) is 24.8 Å². The van der Waals surface area contributed by atoms with Crippen molar-refractivity contribution in [2.75, 3.05) is 14.1 Å². The van der Waals surface area contributed by atoms with Crippen molar-refractivity contribution in [3.05, 3.63) is 146 Å². The third-order valence-electron chi connectivity index (χ3n) is 6.59. The van der Waals surface area contributed by atoms with Crippen LogP contribution in [-0.4, -0.2) is 50.8 Å². The maximum absolute atomic E-state index is 11.1. The first-order valence-corrected chi connectivity index (χ1v) is 14.9. The van der Waals surface area contributed by atoms with Gasteiger partial charge in [0, 0.05) is 38.9 Å². The largest absolute Gasteiger partial charge is 4.00 e. The first-order chi connectivity index (χ1) is 23.8. The second-order valence-electron chi connectivity index (χ2n) is 10.4. The minimum Gasteiger partial charge on any atom is -0.871 e. The molecular weight excluding hydrogens is 813 g/mol. The maximum atomic E-state index is 11.1. The predicted octanol–water partition coefficient (Wildman–Crippen LogP) is 4.11. The van der Waals surface area contributed by atoms with Crippen molar-refractivity contribution in [1.29, 1.82) is 0 Å². The summed E-state index contributed by atoms with van der Waals surface area (Å²) in [5.74, 6) is -0.0441. The molecule has 0 fully saturated rings. The molecule has 51 heavy (non-hydrogen) atoms. The van der Waals surface area contributed by atoms with Crippen LogP contribution >= 0.6 is 0 Å². The SMILES string of the molecule is CN(C)C=O.O.[Hf+4].[O-]c1cccc2cccnc12.[O-]c1cccc2cccnc12.[O-]c1cccc2cccnc12.[O-]c1cccc2cccnc12. The number of carbonyl (C=O) groups is 1. The van der Waals surface area contributed by atoms with Gasteiger partial charge in [0.15, 0.2) is 0 Å². The molecule has 12 heteroatoms. The van der Waals surface area contributed by atoms with Crippen molar-refractivity contribution in [2.24, 2.45) is 0 Å². The fourth-order valence-corrected chi connectivity index (χ4v) is 4.30. The number of pyridine rings is 4. The number of benzene rings is 4. The molecule has 254 valence electrons. The molecular formula is C39H33HfN5O6. The van der Waals surface area contributed by atoms with Crippen LogP contribution in [0.5, 0.6) is 23.0 Å². The molecule has 0 aliphatic carbocycles. The van der Waals surface area contributed by atoms with E-state index in [1.807, 2.05) is 72.8 Å². The van der Waals surface area contributed by atoms with E-state index in [1.54, 1.807) is 63.1 Å². The zero-order valence-corrected chi connectivity index (χ0v) is 31.3. The van der Waals surface area contributed by atoms with Crippen molar-refractivity contribution in [3.63, 3.8) is 0 Å². The predicted molar refractivity (Wildman–Crippen MR) is 188 cm³/mol. The first kappa shape index (κ1) is 41.2. The normalized spacial score (nSPS) is 9.45. The van der Waals surface area contributed by atoms with Crippen LogP contribution in [0.1, 0.15) is 0 Å². The van der Waals surface area contributed by atoms with Gasteiger partial charge in [0.25, 0.3) is 0 Å². The van der Waals surface area contributed by atoms with Crippen LogP contribution in [0, 0.1) is 0 Å². The Bertz CT molecular complexity index is 1940. The fourth-order valence-electron chi connectivity index (χ4n) is 4.30. The molecule has 0 saturated carbocycles. The summed E-state index contributed by atoms with van der Waals surface area (Å²) in [6.07, 6.45) is 7.26. The Kier molecular flexibility index (Phi) is 17.1. The summed E-state index contributed by atoms with van der Waals surface area (Å²) in [6, 6.07) is 35.4. The summed E-state index contributed by atoms with van der Waals surface area (Å²) >= 11 is 0. The van der Waals surface area contributed by atoms with E-state index in [2.05, 4.69) is 19.9 Å². The number of hydrogen-bond acceptors (Lipinski definition) is 9. The van der Waals surface area contributed by atoms with E-state index >= 15 is 0 Å². The van der Waals surface area contributed by atoms with Crippen LogP contribution in [0.3, 0.4) is 0 Å². The molecule has 4 aromatic carbocycles. The Balaban J connectivity index is 0.000000223. The van der Waals surface area contributed by atoms with Crippen LogP contribution in [-0.2, 0) is 30.6 Å². The monoisotopic (exact) mass is 847 g/mol. The summed E-state index contributed by atoms with van der Waals surface area (Å²) in [6.45, 7) is 0. The van der Waals surface area contributed by atoms with Crippen molar-refractivity contribution < 1.29 is 56.5 Å². The van der Waals surface area contributed by atoms with Crippen LogP contribution in [0.15, 0.2) is 146 Å². The minimum atomic E-state index is -0.0110. The van der Waals surface area contributed by atoms with E-state index in [0.29, 0.717) is 22.1 Å². The van der Waals surface area contributed by atoms with Crippen LogP contribution in [0.2, 0.25) is 0 Å². The third-order valence-corrected chi connectivity index (χ3v) is 6.59. The number of para-hydroxylation sites is 4. The van der Waals surface area contributed by atoms with Gasteiger partial charge in [0.2, 0.25) is 6.41 Å². The standard InChI is InChI=1S/4C9H7NO.C3H7NO.Hf.H2O/c4*11-8-5-1-3-7-4-2-6-10-9(7)8;1-4(2)3-5;;/h4*1-6,11H;3H,1-2H3;;1H2/q;;;;;+4;/p-4. The third kappa shape index (κ3) is 12.1. The van der Waals surface area contributed by atoms with Gasteiger partial charge in [-0.2, -0.15) is 0 Å². The van der Waals surface area contributed by atoms with Crippen LogP contribution < -0.4 is 20.4 Å². The van der Waals surface area contributed by atoms with E-state index < -0.39 is 0 Å². The quantitative estimate of drug-likeness (QED) is 0.173.